The summed E-state index contributed by atoms with van der Waals surface area (Å²) in [6, 6.07) is 0.776. The molecular weight excluding hydrogens is 224 g/mol. The van der Waals surface area contributed by atoms with Crippen molar-refractivity contribution in [3.05, 3.63) is 0 Å². The lowest BCUT2D eigenvalue weighted by atomic mass is 9.73. The molecule has 3 atom stereocenters. The number of rotatable bonds is 1. The standard InChI is InChI=1S/C15H28N2O/c1-13-10-18-9-4-14(13)17-8-3-6-15(12-17)5-2-7-16-11-15/h13-14,16H,2-12H2,1H3. The van der Waals surface area contributed by atoms with Gasteiger partial charge in [0.2, 0.25) is 0 Å². The smallest absolute Gasteiger partial charge is 0.0506 e. The van der Waals surface area contributed by atoms with Gasteiger partial charge in [0.05, 0.1) is 6.61 Å². The average molecular weight is 252 g/mol. The monoisotopic (exact) mass is 252 g/mol. The highest BCUT2D eigenvalue weighted by Crippen LogP contribution is 2.38. The molecule has 3 aliphatic heterocycles. The van der Waals surface area contributed by atoms with Gasteiger partial charge in [-0.3, -0.25) is 4.90 Å². The fraction of sp³-hybridized carbons (Fsp3) is 1.00. The van der Waals surface area contributed by atoms with E-state index >= 15 is 0 Å². The Morgan fingerprint density at radius 2 is 2.17 bits per heavy atom. The summed E-state index contributed by atoms with van der Waals surface area (Å²) >= 11 is 0. The molecule has 3 fully saturated rings. The molecule has 0 aromatic carbocycles. The highest BCUT2D eigenvalue weighted by Gasteiger charge is 2.39. The number of ether oxygens (including phenoxy) is 1. The molecular formula is C15H28N2O. The van der Waals surface area contributed by atoms with E-state index in [1.165, 1.54) is 58.3 Å². The van der Waals surface area contributed by atoms with Gasteiger partial charge in [0, 0.05) is 25.7 Å². The van der Waals surface area contributed by atoms with Crippen LogP contribution < -0.4 is 5.32 Å². The minimum absolute atomic E-state index is 0.592. The van der Waals surface area contributed by atoms with E-state index in [2.05, 4.69) is 17.1 Å². The molecule has 3 heterocycles. The van der Waals surface area contributed by atoms with Crippen molar-refractivity contribution in [2.45, 2.75) is 45.1 Å². The van der Waals surface area contributed by atoms with Crippen LogP contribution in [0.1, 0.15) is 39.0 Å². The highest BCUT2D eigenvalue weighted by atomic mass is 16.5. The SMILES string of the molecule is CC1COCCC1N1CCCC2(CCCNC2)C1. The van der Waals surface area contributed by atoms with Gasteiger partial charge in [0.25, 0.3) is 0 Å². The zero-order chi connectivity index (χ0) is 12.4. The number of hydrogen-bond acceptors (Lipinski definition) is 3. The third kappa shape index (κ3) is 2.59. The molecule has 0 aromatic heterocycles. The molecule has 3 heteroatoms. The van der Waals surface area contributed by atoms with Crippen LogP contribution in [0.3, 0.4) is 0 Å². The number of nitrogens with one attached hydrogen (secondary N) is 1. The Morgan fingerprint density at radius 3 is 2.94 bits per heavy atom. The Hall–Kier alpha value is -0.120. The molecule has 0 bridgehead atoms. The van der Waals surface area contributed by atoms with Crippen molar-refractivity contribution in [3.8, 4) is 0 Å². The molecule has 3 nitrogen and oxygen atoms in total. The first-order chi connectivity index (χ1) is 8.79. The second kappa shape index (κ2) is 5.48. The molecule has 3 rings (SSSR count). The molecule has 3 aliphatic rings. The number of piperidine rings is 2. The second-order valence-corrected chi connectivity index (χ2v) is 6.76. The van der Waals surface area contributed by atoms with E-state index in [1.54, 1.807) is 0 Å². The van der Waals surface area contributed by atoms with Gasteiger partial charge >= 0.3 is 0 Å². The predicted molar refractivity (Wildman–Crippen MR) is 73.7 cm³/mol. The molecule has 0 aliphatic carbocycles. The van der Waals surface area contributed by atoms with E-state index < -0.39 is 0 Å². The van der Waals surface area contributed by atoms with E-state index in [0.29, 0.717) is 11.3 Å². The van der Waals surface area contributed by atoms with Crippen molar-refractivity contribution in [1.29, 1.82) is 0 Å². The first kappa shape index (κ1) is 12.9. The van der Waals surface area contributed by atoms with Gasteiger partial charge in [-0.15, -0.1) is 0 Å². The van der Waals surface area contributed by atoms with Crippen molar-refractivity contribution in [3.63, 3.8) is 0 Å². The summed E-state index contributed by atoms with van der Waals surface area (Å²) in [4.78, 5) is 2.80. The maximum absolute atomic E-state index is 5.60. The van der Waals surface area contributed by atoms with E-state index in [1.807, 2.05) is 0 Å². The van der Waals surface area contributed by atoms with E-state index in [0.717, 1.165) is 19.3 Å². The number of hydrogen-bond donors (Lipinski definition) is 1. The number of likely N-dealkylation sites (tertiary alicyclic amines) is 1. The normalized spacial score (nSPS) is 43.2. The third-order valence-electron chi connectivity index (χ3n) is 5.32. The highest BCUT2D eigenvalue weighted by molar-refractivity contribution is 4.94. The van der Waals surface area contributed by atoms with Crippen LogP contribution >= 0.6 is 0 Å². The van der Waals surface area contributed by atoms with E-state index in [4.69, 9.17) is 4.74 Å². The van der Waals surface area contributed by atoms with Crippen LogP contribution in [-0.4, -0.2) is 50.3 Å². The lowest BCUT2D eigenvalue weighted by molar-refractivity contribution is -0.0401. The maximum Gasteiger partial charge on any atom is 0.0506 e. The maximum atomic E-state index is 5.60. The summed E-state index contributed by atoms with van der Waals surface area (Å²) in [6.07, 6.45) is 6.88. The second-order valence-electron chi connectivity index (χ2n) is 6.76. The molecule has 3 unspecified atom stereocenters. The summed E-state index contributed by atoms with van der Waals surface area (Å²) in [5, 5.41) is 3.63. The van der Waals surface area contributed by atoms with Crippen LogP contribution in [0, 0.1) is 11.3 Å². The fourth-order valence-electron chi connectivity index (χ4n) is 4.32. The van der Waals surface area contributed by atoms with Gasteiger partial charge in [0.15, 0.2) is 0 Å². The molecule has 104 valence electrons. The van der Waals surface area contributed by atoms with Crippen molar-refractivity contribution >= 4 is 0 Å². The van der Waals surface area contributed by atoms with Crippen molar-refractivity contribution in [1.82, 2.24) is 10.2 Å². The van der Waals surface area contributed by atoms with Gasteiger partial charge < -0.3 is 10.1 Å². The van der Waals surface area contributed by atoms with Crippen molar-refractivity contribution < 1.29 is 4.74 Å². The minimum Gasteiger partial charge on any atom is -0.381 e. The molecule has 18 heavy (non-hydrogen) atoms. The molecule has 0 radical (unpaired) electrons. The van der Waals surface area contributed by atoms with E-state index in [9.17, 15) is 0 Å². The molecule has 0 saturated carbocycles. The molecule has 1 N–H and O–H groups in total. The molecule has 0 aromatic rings. The fourth-order valence-corrected chi connectivity index (χ4v) is 4.32. The van der Waals surface area contributed by atoms with Gasteiger partial charge in [-0.1, -0.05) is 6.92 Å². The molecule has 3 saturated heterocycles. The Kier molecular flexibility index (Phi) is 3.92. The summed E-state index contributed by atoms with van der Waals surface area (Å²) in [7, 11) is 0. The van der Waals surface area contributed by atoms with Gasteiger partial charge in [0.1, 0.15) is 0 Å². The van der Waals surface area contributed by atoms with Gasteiger partial charge in [-0.2, -0.15) is 0 Å². The van der Waals surface area contributed by atoms with Crippen LogP contribution in [0.15, 0.2) is 0 Å². The largest absolute Gasteiger partial charge is 0.381 e. The van der Waals surface area contributed by atoms with Gasteiger partial charge in [-0.25, -0.2) is 0 Å². The van der Waals surface area contributed by atoms with E-state index in [-0.39, 0.29) is 0 Å². The summed E-state index contributed by atoms with van der Waals surface area (Å²) in [5.74, 6) is 0.713. The van der Waals surface area contributed by atoms with Gasteiger partial charge in [-0.05, 0) is 56.5 Å². The summed E-state index contributed by atoms with van der Waals surface area (Å²) in [5.41, 5.74) is 0.592. The predicted octanol–water partition coefficient (Wildman–Crippen LogP) is 1.88. The first-order valence-corrected chi connectivity index (χ1v) is 7.82. The van der Waals surface area contributed by atoms with Crippen LogP contribution in [0.2, 0.25) is 0 Å². The molecule has 1 spiro atoms. The third-order valence-corrected chi connectivity index (χ3v) is 5.32. The lowest BCUT2D eigenvalue weighted by Crippen LogP contribution is -2.56. The Bertz CT molecular complexity index is 270. The molecule has 0 amide bonds. The quantitative estimate of drug-likeness (QED) is 0.771. The Balaban J connectivity index is 1.65. The zero-order valence-corrected chi connectivity index (χ0v) is 11.8. The number of nitrogens with zero attached hydrogens (tertiary/aromatic N) is 1. The lowest BCUT2D eigenvalue weighted by Gasteiger charge is -2.49. The van der Waals surface area contributed by atoms with Crippen molar-refractivity contribution in [2.75, 3.05) is 39.4 Å². The van der Waals surface area contributed by atoms with Crippen LogP contribution in [0.4, 0.5) is 0 Å². The van der Waals surface area contributed by atoms with Crippen molar-refractivity contribution in [2.24, 2.45) is 11.3 Å². The first-order valence-electron chi connectivity index (χ1n) is 7.82. The van der Waals surface area contributed by atoms with Crippen LogP contribution in [0.25, 0.3) is 0 Å². The zero-order valence-electron chi connectivity index (χ0n) is 11.8. The Labute approximate surface area is 111 Å². The minimum atomic E-state index is 0.592. The summed E-state index contributed by atoms with van der Waals surface area (Å²) in [6.45, 7) is 9.43. The Morgan fingerprint density at radius 1 is 1.28 bits per heavy atom. The van der Waals surface area contributed by atoms with Crippen LogP contribution in [-0.2, 0) is 4.74 Å². The summed E-state index contributed by atoms with van der Waals surface area (Å²) < 4.78 is 5.60. The van der Waals surface area contributed by atoms with Crippen LogP contribution in [0.5, 0.6) is 0 Å². The topological polar surface area (TPSA) is 24.5 Å². The average Bonchev–Trinajstić information content (AvgIpc) is 2.40.